The van der Waals surface area contributed by atoms with Crippen molar-refractivity contribution in [1.29, 1.82) is 0 Å². The number of rotatable bonds is 11. The molecule has 1 rings (SSSR count). The first-order valence-electron chi connectivity index (χ1n) is 12.3. The molecule has 0 radical (unpaired) electrons. The fourth-order valence-corrected chi connectivity index (χ4v) is 6.15. The van der Waals surface area contributed by atoms with Crippen molar-refractivity contribution in [3.8, 4) is 0 Å². The SMILES string of the molecule is CCC(CCCC(C)CC1CC(CC(C)C)C1C)C(C)(C)C(C)C(C)(C)C. The molecule has 0 nitrogen and oxygen atoms in total. The van der Waals surface area contributed by atoms with Gasteiger partial charge in [0.1, 0.15) is 0 Å². The molecule has 162 valence electrons. The third-order valence-electron chi connectivity index (χ3n) is 8.78. The summed E-state index contributed by atoms with van der Waals surface area (Å²) in [6.45, 7) is 27.0. The van der Waals surface area contributed by atoms with Gasteiger partial charge in [-0.15, -0.1) is 0 Å². The van der Waals surface area contributed by atoms with E-state index in [1.165, 1.54) is 44.9 Å². The van der Waals surface area contributed by atoms with Gasteiger partial charge in [-0.25, -0.2) is 0 Å². The third kappa shape index (κ3) is 7.08. The van der Waals surface area contributed by atoms with E-state index >= 15 is 0 Å². The van der Waals surface area contributed by atoms with Crippen LogP contribution in [-0.2, 0) is 0 Å². The minimum absolute atomic E-state index is 0.400. The second-order valence-corrected chi connectivity index (χ2v) is 12.5. The van der Waals surface area contributed by atoms with E-state index in [4.69, 9.17) is 0 Å². The van der Waals surface area contributed by atoms with Crippen LogP contribution in [0, 0.1) is 52.3 Å². The Balaban J connectivity index is 2.40. The number of hydrogen-bond donors (Lipinski definition) is 0. The lowest BCUT2D eigenvalue weighted by molar-refractivity contribution is 0.0345. The second-order valence-electron chi connectivity index (χ2n) is 12.5. The summed E-state index contributed by atoms with van der Waals surface area (Å²) >= 11 is 0. The molecule has 0 aliphatic heterocycles. The van der Waals surface area contributed by atoms with Crippen LogP contribution in [0.4, 0.5) is 0 Å². The van der Waals surface area contributed by atoms with Crippen LogP contribution < -0.4 is 0 Å². The largest absolute Gasteiger partial charge is 0.0651 e. The minimum atomic E-state index is 0.400. The van der Waals surface area contributed by atoms with E-state index in [1.54, 1.807) is 0 Å². The molecule has 0 aromatic rings. The molecule has 0 spiro atoms. The summed E-state index contributed by atoms with van der Waals surface area (Å²) in [5, 5.41) is 0. The molecule has 0 saturated heterocycles. The summed E-state index contributed by atoms with van der Waals surface area (Å²) in [6, 6.07) is 0. The van der Waals surface area contributed by atoms with Crippen LogP contribution in [0.5, 0.6) is 0 Å². The molecular formula is C27H54. The molecule has 6 unspecified atom stereocenters. The van der Waals surface area contributed by atoms with Crippen molar-refractivity contribution >= 4 is 0 Å². The van der Waals surface area contributed by atoms with Crippen LogP contribution in [0.2, 0.25) is 0 Å². The summed E-state index contributed by atoms with van der Waals surface area (Å²) in [4.78, 5) is 0. The fourth-order valence-electron chi connectivity index (χ4n) is 6.15. The summed E-state index contributed by atoms with van der Waals surface area (Å²) in [5.74, 6) is 6.41. The molecule has 1 saturated carbocycles. The molecule has 0 aromatic carbocycles. The zero-order chi connectivity index (χ0) is 21.0. The normalized spacial score (nSPS) is 27.3. The Morgan fingerprint density at radius 2 is 1.41 bits per heavy atom. The highest BCUT2D eigenvalue weighted by Gasteiger charge is 2.40. The van der Waals surface area contributed by atoms with E-state index in [1.807, 2.05) is 0 Å². The molecule has 0 heterocycles. The topological polar surface area (TPSA) is 0 Å². The van der Waals surface area contributed by atoms with Gasteiger partial charge >= 0.3 is 0 Å². The van der Waals surface area contributed by atoms with Crippen molar-refractivity contribution in [2.24, 2.45) is 52.3 Å². The molecule has 0 amide bonds. The maximum atomic E-state index is 2.53. The van der Waals surface area contributed by atoms with E-state index in [-0.39, 0.29) is 0 Å². The zero-order valence-electron chi connectivity index (χ0n) is 21.0. The molecule has 27 heavy (non-hydrogen) atoms. The van der Waals surface area contributed by atoms with Crippen molar-refractivity contribution in [3.63, 3.8) is 0 Å². The zero-order valence-corrected chi connectivity index (χ0v) is 21.0. The van der Waals surface area contributed by atoms with Gasteiger partial charge in [0.2, 0.25) is 0 Å². The summed E-state index contributed by atoms with van der Waals surface area (Å²) in [6.07, 6.45) is 10.1. The van der Waals surface area contributed by atoms with Crippen molar-refractivity contribution in [2.75, 3.05) is 0 Å². The standard InChI is InChI=1S/C27H54/c1-12-25(27(10,11)22(6)26(7,8)9)15-13-14-20(4)17-24-18-23(21(24)5)16-19(2)3/h19-25H,12-18H2,1-11H3. The Bertz CT molecular complexity index is 410. The molecule has 0 bridgehead atoms. The van der Waals surface area contributed by atoms with Crippen LogP contribution in [0.1, 0.15) is 121 Å². The Labute approximate surface area is 173 Å². The molecular weight excluding hydrogens is 324 g/mol. The molecule has 1 fully saturated rings. The van der Waals surface area contributed by atoms with Gasteiger partial charge in [0.05, 0.1) is 0 Å². The molecule has 1 aliphatic rings. The fraction of sp³-hybridized carbons (Fsp3) is 1.00. The summed E-state index contributed by atoms with van der Waals surface area (Å²) in [5.41, 5.74) is 0.833. The Morgan fingerprint density at radius 3 is 1.85 bits per heavy atom. The highest BCUT2D eigenvalue weighted by atomic mass is 14.4. The predicted octanol–water partition coefficient (Wildman–Crippen LogP) is 9.24. The first-order valence-corrected chi connectivity index (χ1v) is 12.3. The Morgan fingerprint density at radius 1 is 0.852 bits per heavy atom. The third-order valence-corrected chi connectivity index (χ3v) is 8.78. The molecule has 6 atom stereocenters. The van der Waals surface area contributed by atoms with Gasteiger partial charge in [0.25, 0.3) is 0 Å². The maximum Gasteiger partial charge on any atom is -0.0295 e. The monoisotopic (exact) mass is 378 g/mol. The molecule has 0 aromatic heterocycles. The summed E-state index contributed by atoms with van der Waals surface area (Å²) in [7, 11) is 0. The van der Waals surface area contributed by atoms with Crippen LogP contribution in [0.25, 0.3) is 0 Å². The smallest absolute Gasteiger partial charge is 0.0295 e. The highest BCUT2D eigenvalue weighted by Crippen LogP contribution is 2.49. The van der Waals surface area contributed by atoms with E-state index in [2.05, 4.69) is 76.2 Å². The van der Waals surface area contributed by atoms with Crippen LogP contribution >= 0.6 is 0 Å². The van der Waals surface area contributed by atoms with E-state index in [9.17, 15) is 0 Å². The van der Waals surface area contributed by atoms with Crippen LogP contribution in [0.15, 0.2) is 0 Å². The quantitative estimate of drug-likeness (QED) is 0.336. The number of hydrogen-bond acceptors (Lipinski definition) is 0. The minimum Gasteiger partial charge on any atom is -0.0651 e. The summed E-state index contributed by atoms with van der Waals surface area (Å²) < 4.78 is 0. The van der Waals surface area contributed by atoms with E-state index in [0.29, 0.717) is 10.8 Å². The molecule has 0 N–H and O–H groups in total. The predicted molar refractivity (Wildman–Crippen MR) is 124 cm³/mol. The van der Waals surface area contributed by atoms with E-state index < -0.39 is 0 Å². The van der Waals surface area contributed by atoms with Crippen LogP contribution in [0.3, 0.4) is 0 Å². The van der Waals surface area contributed by atoms with Crippen molar-refractivity contribution in [1.82, 2.24) is 0 Å². The Kier molecular flexibility index (Phi) is 9.42. The lowest BCUT2D eigenvalue weighted by atomic mass is 9.59. The lowest BCUT2D eigenvalue weighted by Gasteiger charge is -2.46. The van der Waals surface area contributed by atoms with Gasteiger partial charge < -0.3 is 0 Å². The van der Waals surface area contributed by atoms with E-state index in [0.717, 1.165) is 41.4 Å². The van der Waals surface area contributed by atoms with Gasteiger partial charge in [-0.2, -0.15) is 0 Å². The Hall–Kier alpha value is 0. The van der Waals surface area contributed by atoms with Crippen molar-refractivity contribution in [2.45, 2.75) is 121 Å². The highest BCUT2D eigenvalue weighted by molar-refractivity contribution is 4.89. The average molecular weight is 379 g/mol. The van der Waals surface area contributed by atoms with Crippen molar-refractivity contribution in [3.05, 3.63) is 0 Å². The van der Waals surface area contributed by atoms with Crippen molar-refractivity contribution < 1.29 is 0 Å². The second kappa shape index (κ2) is 10.2. The van der Waals surface area contributed by atoms with Gasteiger partial charge in [0, 0.05) is 0 Å². The van der Waals surface area contributed by atoms with Gasteiger partial charge in [-0.1, -0.05) is 95.4 Å². The molecule has 0 heteroatoms. The lowest BCUT2D eigenvalue weighted by Crippen LogP contribution is -2.38. The first kappa shape index (κ1) is 25.0. The maximum absolute atomic E-state index is 2.53. The van der Waals surface area contributed by atoms with Gasteiger partial charge in [-0.05, 0) is 77.9 Å². The first-order chi connectivity index (χ1) is 12.3. The van der Waals surface area contributed by atoms with Gasteiger partial charge in [-0.3, -0.25) is 0 Å². The van der Waals surface area contributed by atoms with Gasteiger partial charge in [0.15, 0.2) is 0 Å². The average Bonchev–Trinajstić information content (AvgIpc) is 2.55. The van der Waals surface area contributed by atoms with Crippen LogP contribution in [-0.4, -0.2) is 0 Å². The molecule has 1 aliphatic carbocycles.